The van der Waals surface area contributed by atoms with E-state index in [0.717, 1.165) is 16.2 Å². The lowest BCUT2D eigenvalue weighted by Crippen LogP contribution is -2.29. The van der Waals surface area contributed by atoms with Gasteiger partial charge in [0.15, 0.2) is 6.10 Å². The van der Waals surface area contributed by atoms with Crippen LogP contribution in [0.1, 0.15) is 31.4 Å². The first-order valence-corrected chi connectivity index (χ1v) is 12.4. The van der Waals surface area contributed by atoms with E-state index in [2.05, 4.69) is 5.32 Å². The van der Waals surface area contributed by atoms with E-state index < -0.39 is 24.2 Å². The molecule has 196 valence electrons. The van der Waals surface area contributed by atoms with Gasteiger partial charge in [0.25, 0.3) is 5.91 Å². The van der Waals surface area contributed by atoms with E-state index in [1.165, 1.54) is 6.08 Å². The molecule has 4 N–H and O–H groups in total. The first-order chi connectivity index (χ1) is 18.5. The standard InChI is InChI=1S/C30H30N2O6/c1-2-37-27(16-7-8-17-28(34)32-36)29(24-18-19-26(33)23-14-6-5-13-22(23)24)38-30(35)31-25-15-9-11-20-10-3-4-12-21(20)25/h3-6,8-15,17-19,27,29,33,36H,2,7,16H2,1H3,(H,31,35)(H,32,34)/b17-8+/t27-,29-/m1/s1. The molecule has 0 spiro atoms. The smallest absolute Gasteiger partial charge is 0.412 e. The number of ether oxygens (including phenoxy) is 2. The number of phenols is 1. The molecule has 0 aromatic heterocycles. The minimum atomic E-state index is -0.824. The number of carbonyl (C=O) groups is 2. The van der Waals surface area contributed by atoms with Crippen LogP contribution in [0.15, 0.2) is 91.0 Å². The van der Waals surface area contributed by atoms with Crippen LogP contribution < -0.4 is 10.8 Å². The van der Waals surface area contributed by atoms with Gasteiger partial charge < -0.3 is 14.6 Å². The van der Waals surface area contributed by atoms with Crippen molar-refractivity contribution in [2.24, 2.45) is 0 Å². The number of aromatic hydroxyl groups is 1. The van der Waals surface area contributed by atoms with E-state index in [1.807, 2.05) is 67.6 Å². The van der Waals surface area contributed by atoms with Crippen LogP contribution in [0.4, 0.5) is 10.5 Å². The number of hydrogen-bond donors (Lipinski definition) is 4. The van der Waals surface area contributed by atoms with Gasteiger partial charge >= 0.3 is 6.09 Å². The van der Waals surface area contributed by atoms with Crippen molar-refractivity contribution in [1.82, 2.24) is 5.48 Å². The molecule has 0 saturated heterocycles. The maximum atomic E-state index is 13.3. The van der Waals surface area contributed by atoms with Gasteiger partial charge in [-0.05, 0) is 42.7 Å². The molecule has 2 amide bonds. The van der Waals surface area contributed by atoms with Gasteiger partial charge in [-0.1, -0.05) is 72.8 Å². The number of phenolic OH excluding ortho intramolecular Hbond substituents is 1. The van der Waals surface area contributed by atoms with E-state index >= 15 is 0 Å². The molecule has 4 rings (SSSR count). The number of fused-ring (bicyclic) bond motifs is 2. The zero-order chi connectivity index (χ0) is 26.9. The van der Waals surface area contributed by atoms with Crippen molar-refractivity contribution in [3.05, 3.63) is 96.6 Å². The van der Waals surface area contributed by atoms with Crippen molar-refractivity contribution in [3.63, 3.8) is 0 Å². The van der Waals surface area contributed by atoms with Crippen molar-refractivity contribution in [2.75, 3.05) is 11.9 Å². The summed E-state index contributed by atoms with van der Waals surface area (Å²) in [5.74, 6) is -0.515. The van der Waals surface area contributed by atoms with Crippen LogP contribution in [0.5, 0.6) is 5.75 Å². The molecule has 4 aromatic rings. The van der Waals surface area contributed by atoms with Gasteiger partial charge in [0.05, 0.1) is 11.8 Å². The van der Waals surface area contributed by atoms with Crippen LogP contribution in [0.3, 0.4) is 0 Å². The number of nitrogens with one attached hydrogen (secondary N) is 2. The third-order valence-electron chi connectivity index (χ3n) is 6.22. The summed E-state index contributed by atoms with van der Waals surface area (Å²) >= 11 is 0. The minimum absolute atomic E-state index is 0.120. The number of anilines is 1. The van der Waals surface area contributed by atoms with E-state index in [1.54, 1.807) is 29.8 Å². The summed E-state index contributed by atoms with van der Waals surface area (Å²) in [6.07, 6.45) is 1.65. The summed E-state index contributed by atoms with van der Waals surface area (Å²) < 4.78 is 12.1. The van der Waals surface area contributed by atoms with Gasteiger partial charge in [-0.3, -0.25) is 15.3 Å². The summed E-state index contributed by atoms with van der Waals surface area (Å²) in [7, 11) is 0. The van der Waals surface area contributed by atoms with Crippen LogP contribution in [0.25, 0.3) is 21.5 Å². The van der Waals surface area contributed by atoms with Crippen molar-refractivity contribution in [3.8, 4) is 5.75 Å². The Labute approximate surface area is 220 Å². The SMILES string of the molecule is CCO[C@H](CC/C=C/C(=O)NO)[C@H](OC(=O)Nc1cccc2ccccc12)c1ccc(O)c2ccccc12. The topological polar surface area (TPSA) is 117 Å². The molecule has 0 aliphatic carbocycles. The van der Waals surface area contributed by atoms with Crippen molar-refractivity contribution < 1.29 is 29.4 Å². The van der Waals surface area contributed by atoms with Gasteiger partial charge in [0.1, 0.15) is 5.75 Å². The first kappa shape index (κ1) is 26.7. The lowest BCUT2D eigenvalue weighted by atomic mass is 9.94. The number of rotatable bonds is 10. The Kier molecular flexibility index (Phi) is 8.92. The quantitative estimate of drug-likeness (QED) is 0.113. The van der Waals surface area contributed by atoms with Crippen LogP contribution in [0.2, 0.25) is 0 Å². The molecule has 4 aromatic carbocycles. The van der Waals surface area contributed by atoms with Gasteiger partial charge in [-0.2, -0.15) is 0 Å². The summed E-state index contributed by atoms with van der Waals surface area (Å²) in [6, 6.07) is 24.0. The second-order valence-corrected chi connectivity index (χ2v) is 8.65. The second-order valence-electron chi connectivity index (χ2n) is 8.65. The van der Waals surface area contributed by atoms with Gasteiger partial charge in [0.2, 0.25) is 0 Å². The molecular formula is C30H30N2O6. The molecular weight excluding hydrogens is 484 g/mol. The molecule has 2 atom stereocenters. The number of benzene rings is 4. The van der Waals surface area contributed by atoms with Gasteiger partial charge in [-0.15, -0.1) is 0 Å². The average molecular weight is 515 g/mol. The predicted octanol–water partition coefficient (Wildman–Crippen LogP) is 6.24. The Morgan fingerprint density at radius 1 is 0.921 bits per heavy atom. The zero-order valence-electron chi connectivity index (χ0n) is 21.0. The second kappa shape index (κ2) is 12.7. The highest BCUT2D eigenvalue weighted by Crippen LogP contribution is 2.36. The minimum Gasteiger partial charge on any atom is -0.507 e. The lowest BCUT2D eigenvalue weighted by molar-refractivity contribution is -0.124. The van der Waals surface area contributed by atoms with Crippen LogP contribution in [0, 0.1) is 0 Å². The predicted molar refractivity (Wildman–Crippen MR) is 146 cm³/mol. The molecule has 8 heteroatoms. The molecule has 0 unspecified atom stereocenters. The Balaban J connectivity index is 1.67. The van der Waals surface area contributed by atoms with Crippen molar-refractivity contribution in [2.45, 2.75) is 32.0 Å². The third kappa shape index (κ3) is 6.29. The largest absolute Gasteiger partial charge is 0.507 e. The highest BCUT2D eigenvalue weighted by Gasteiger charge is 2.29. The van der Waals surface area contributed by atoms with E-state index in [9.17, 15) is 14.7 Å². The average Bonchev–Trinajstić information content (AvgIpc) is 2.94. The highest BCUT2D eigenvalue weighted by molar-refractivity contribution is 6.00. The number of hydrogen-bond acceptors (Lipinski definition) is 6. The van der Waals surface area contributed by atoms with Crippen molar-refractivity contribution >= 4 is 39.2 Å². The number of carbonyl (C=O) groups excluding carboxylic acids is 2. The molecule has 0 saturated carbocycles. The number of hydroxylamine groups is 1. The van der Waals surface area contributed by atoms with E-state index in [-0.39, 0.29) is 5.75 Å². The molecule has 0 fully saturated rings. The van der Waals surface area contributed by atoms with E-state index in [4.69, 9.17) is 14.7 Å². The zero-order valence-corrected chi connectivity index (χ0v) is 21.0. The fourth-order valence-electron chi connectivity index (χ4n) is 4.51. The summed E-state index contributed by atoms with van der Waals surface area (Å²) in [4.78, 5) is 24.6. The van der Waals surface area contributed by atoms with Crippen LogP contribution >= 0.6 is 0 Å². The maximum absolute atomic E-state index is 13.3. The Hall–Kier alpha value is -4.40. The molecule has 38 heavy (non-hydrogen) atoms. The van der Waals surface area contributed by atoms with Gasteiger partial charge in [0, 0.05) is 29.0 Å². The molecule has 0 aliphatic heterocycles. The van der Waals surface area contributed by atoms with Crippen molar-refractivity contribution in [1.29, 1.82) is 0 Å². The Bertz CT molecular complexity index is 1450. The Morgan fingerprint density at radius 2 is 1.63 bits per heavy atom. The normalized spacial score (nSPS) is 12.9. The van der Waals surface area contributed by atoms with E-state index in [0.29, 0.717) is 36.1 Å². The fraction of sp³-hybridized carbons (Fsp3) is 0.200. The first-order valence-electron chi connectivity index (χ1n) is 12.4. The molecule has 0 radical (unpaired) electrons. The fourth-order valence-corrected chi connectivity index (χ4v) is 4.51. The summed E-state index contributed by atoms with van der Waals surface area (Å²) in [5, 5.41) is 25.2. The third-order valence-corrected chi connectivity index (χ3v) is 6.22. The molecule has 0 heterocycles. The summed E-state index contributed by atoms with van der Waals surface area (Å²) in [5.41, 5.74) is 2.86. The molecule has 0 aliphatic rings. The highest BCUT2D eigenvalue weighted by atomic mass is 16.6. The number of amides is 2. The Morgan fingerprint density at radius 3 is 2.39 bits per heavy atom. The lowest BCUT2D eigenvalue weighted by Gasteiger charge is -2.28. The molecule has 0 bridgehead atoms. The van der Waals surface area contributed by atoms with Gasteiger partial charge in [-0.25, -0.2) is 10.3 Å². The molecule has 8 nitrogen and oxygen atoms in total. The van der Waals surface area contributed by atoms with Crippen LogP contribution in [-0.4, -0.2) is 35.0 Å². The maximum Gasteiger partial charge on any atom is 0.412 e. The van der Waals surface area contributed by atoms with Crippen LogP contribution in [-0.2, 0) is 14.3 Å². The number of allylic oxidation sites excluding steroid dienone is 1. The monoisotopic (exact) mass is 514 g/mol. The summed E-state index contributed by atoms with van der Waals surface area (Å²) in [6.45, 7) is 2.22.